The standard InChI is InChI=1S/C8H12N4S/c1-3-5-9-7-11-8(13-12-7)10-6-4-2/h3-4H,1-2,5-6H2,(H2,9,10,11,12). The van der Waals surface area contributed by atoms with E-state index in [0.717, 1.165) is 5.13 Å². The van der Waals surface area contributed by atoms with E-state index in [1.807, 2.05) is 0 Å². The molecule has 0 saturated heterocycles. The fourth-order valence-electron chi connectivity index (χ4n) is 0.690. The van der Waals surface area contributed by atoms with Gasteiger partial charge in [0.2, 0.25) is 11.1 Å². The Balaban J connectivity index is 2.43. The maximum absolute atomic E-state index is 4.17. The van der Waals surface area contributed by atoms with E-state index in [2.05, 4.69) is 33.1 Å². The van der Waals surface area contributed by atoms with Gasteiger partial charge in [-0.3, -0.25) is 0 Å². The number of rotatable bonds is 6. The summed E-state index contributed by atoms with van der Waals surface area (Å²) < 4.78 is 4.08. The van der Waals surface area contributed by atoms with Gasteiger partial charge in [0.25, 0.3) is 0 Å². The Labute approximate surface area is 81.6 Å². The molecule has 1 aromatic rings. The van der Waals surface area contributed by atoms with Gasteiger partial charge in [0.15, 0.2) is 0 Å². The highest BCUT2D eigenvalue weighted by Crippen LogP contribution is 2.13. The van der Waals surface area contributed by atoms with Crippen molar-refractivity contribution in [3.63, 3.8) is 0 Å². The van der Waals surface area contributed by atoms with Crippen LogP contribution < -0.4 is 10.6 Å². The molecule has 0 unspecified atom stereocenters. The van der Waals surface area contributed by atoms with Crippen LogP contribution in [0.25, 0.3) is 0 Å². The molecule has 0 amide bonds. The lowest BCUT2D eigenvalue weighted by molar-refractivity contribution is 1.20. The third kappa shape index (κ3) is 3.25. The maximum atomic E-state index is 4.17. The summed E-state index contributed by atoms with van der Waals surface area (Å²) in [7, 11) is 0. The Morgan fingerprint density at radius 1 is 1.23 bits per heavy atom. The predicted molar refractivity (Wildman–Crippen MR) is 57.3 cm³/mol. The Morgan fingerprint density at radius 3 is 2.62 bits per heavy atom. The van der Waals surface area contributed by atoms with Crippen molar-refractivity contribution >= 4 is 22.6 Å². The fourth-order valence-corrected chi connectivity index (χ4v) is 1.24. The molecule has 1 rings (SSSR count). The molecule has 0 aliphatic rings. The first-order chi connectivity index (χ1) is 6.36. The lowest BCUT2D eigenvalue weighted by Crippen LogP contribution is -2.00. The van der Waals surface area contributed by atoms with Crippen molar-refractivity contribution in [1.82, 2.24) is 9.36 Å². The number of nitrogens with one attached hydrogen (secondary N) is 2. The molecule has 70 valence electrons. The number of anilines is 2. The molecule has 13 heavy (non-hydrogen) atoms. The zero-order chi connectivity index (χ0) is 9.52. The second-order valence-electron chi connectivity index (χ2n) is 2.26. The van der Waals surface area contributed by atoms with Crippen LogP contribution in [-0.2, 0) is 0 Å². The molecule has 2 N–H and O–H groups in total. The zero-order valence-corrected chi connectivity index (χ0v) is 8.10. The normalized spacial score (nSPS) is 9.23. The SMILES string of the molecule is C=CCNc1nsc(NCC=C)n1. The largest absolute Gasteiger partial charge is 0.357 e. The summed E-state index contributed by atoms with van der Waals surface area (Å²) >= 11 is 1.32. The molecule has 0 radical (unpaired) electrons. The average Bonchev–Trinajstić information content (AvgIpc) is 2.59. The van der Waals surface area contributed by atoms with Crippen LogP contribution in [0.5, 0.6) is 0 Å². The predicted octanol–water partition coefficient (Wildman–Crippen LogP) is 1.73. The number of nitrogens with zero attached hydrogens (tertiary/aromatic N) is 2. The van der Waals surface area contributed by atoms with Gasteiger partial charge in [0, 0.05) is 24.6 Å². The molecule has 0 fully saturated rings. The molecule has 0 atom stereocenters. The topological polar surface area (TPSA) is 49.8 Å². The molecule has 4 nitrogen and oxygen atoms in total. The third-order valence-electron chi connectivity index (χ3n) is 1.23. The Kier molecular flexibility index (Phi) is 3.98. The van der Waals surface area contributed by atoms with Crippen LogP contribution in [0.4, 0.5) is 11.1 Å². The minimum atomic E-state index is 0.636. The minimum Gasteiger partial charge on any atom is -0.357 e. The van der Waals surface area contributed by atoms with Crippen LogP contribution in [0.15, 0.2) is 25.3 Å². The first-order valence-corrected chi connectivity index (χ1v) is 4.67. The molecule has 0 aromatic carbocycles. The van der Waals surface area contributed by atoms with E-state index in [1.54, 1.807) is 12.2 Å². The highest BCUT2D eigenvalue weighted by molar-refractivity contribution is 7.09. The molecule has 0 spiro atoms. The molecule has 0 aliphatic heterocycles. The summed E-state index contributed by atoms with van der Waals surface area (Å²) in [6.45, 7) is 8.57. The monoisotopic (exact) mass is 196 g/mol. The number of aromatic nitrogens is 2. The first-order valence-electron chi connectivity index (χ1n) is 3.90. The summed E-state index contributed by atoms with van der Waals surface area (Å²) in [5.74, 6) is 0.636. The van der Waals surface area contributed by atoms with Gasteiger partial charge in [-0.1, -0.05) is 12.2 Å². The lowest BCUT2D eigenvalue weighted by Gasteiger charge is -1.95. The number of hydrogen-bond donors (Lipinski definition) is 2. The van der Waals surface area contributed by atoms with Crippen molar-refractivity contribution in [3.8, 4) is 0 Å². The van der Waals surface area contributed by atoms with E-state index >= 15 is 0 Å². The number of hydrogen-bond acceptors (Lipinski definition) is 5. The Hall–Kier alpha value is -1.36. The minimum absolute atomic E-state index is 0.636. The van der Waals surface area contributed by atoms with Crippen molar-refractivity contribution in [2.24, 2.45) is 0 Å². The van der Waals surface area contributed by atoms with Gasteiger partial charge in [0.1, 0.15) is 0 Å². The molecule has 1 aromatic heterocycles. The molecule has 0 saturated carbocycles. The van der Waals surface area contributed by atoms with Crippen LogP contribution in [0.1, 0.15) is 0 Å². The summed E-state index contributed by atoms with van der Waals surface area (Å²) in [6.07, 6.45) is 3.54. The van der Waals surface area contributed by atoms with Gasteiger partial charge in [-0.15, -0.1) is 13.2 Å². The highest BCUT2D eigenvalue weighted by atomic mass is 32.1. The van der Waals surface area contributed by atoms with Crippen LogP contribution in [-0.4, -0.2) is 22.4 Å². The molecule has 1 heterocycles. The van der Waals surface area contributed by atoms with Crippen molar-refractivity contribution in [2.75, 3.05) is 23.7 Å². The second kappa shape index (κ2) is 5.31. The van der Waals surface area contributed by atoms with Crippen molar-refractivity contribution < 1.29 is 0 Å². The van der Waals surface area contributed by atoms with Gasteiger partial charge in [-0.05, 0) is 0 Å². The van der Waals surface area contributed by atoms with Gasteiger partial charge in [-0.2, -0.15) is 9.36 Å². The van der Waals surface area contributed by atoms with Crippen molar-refractivity contribution in [3.05, 3.63) is 25.3 Å². The molecular weight excluding hydrogens is 184 g/mol. The quantitative estimate of drug-likeness (QED) is 0.680. The maximum Gasteiger partial charge on any atom is 0.236 e. The van der Waals surface area contributed by atoms with Crippen molar-refractivity contribution in [1.29, 1.82) is 0 Å². The average molecular weight is 196 g/mol. The van der Waals surface area contributed by atoms with E-state index in [-0.39, 0.29) is 0 Å². The third-order valence-corrected chi connectivity index (χ3v) is 1.90. The molecule has 0 bridgehead atoms. The van der Waals surface area contributed by atoms with Crippen LogP contribution in [0.2, 0.25) is 0 Å². The van der Waals surface area contributed by atoms with Gasteiger partial charge in [0.05, 0.1) is 0 Å². The summed E-state index contributed by atoms with van der Waals surface area (Å²) in [4.78, 5) is 4.17. The van der Waals surface area contributed by atoms with Gasteiger partial charge in [-0.25, -0.2) is 0 Å². The molecule has 5 heteroatoms. The molecular formula is C8H12N4S. The summed E-state index contributed by atoms with van der Waals surface area (Å²) in [5, 5.41) is 6.85. The van der Waals surface area contributed by atoms with E-state index in [4.69, 9.17) is 0 Å². The van der Waals surface area contributed by atoms with E-state index in [1.165, 1.54) is 11.5 Å². The second-order valence-corrected chi connectivity index (χ2v) is 3.01. The van der Waals surface area contributed by atoms with E-state index in [0.29, 0.717) is 19.0 Å². The van der Waals surface area contributed by atoms with Gasteiger partial charge >= 0.3 is 0 Å². The van der Waals surface area contributed by atoms with Crippen LogP contribution in [0.3, 0.4) is 0 Å². The fraction of sp³-hybridized carbons (Fsp3) is 0.250. The zero-order valence-electron chi connectivity index (χ0n) is 7.29. The summed E-state index contributed by atoms with van der Waals surface area (Å²) in [6, 6.07) is 0. The first kappa shape index (κ1) is 9.73. The summed E-state index contributed by atoms with van der Waals surface area (Å²) in [5.41, 5.74) is 0. The smallest absolute Gasteiger partial charge is 0.236 e. The van der Waals surface area contributed by atoms with Crippen LogP contribution >= 0.6 is 11.5 Å². The van der Waals surface area contributed by atoms with E-state index < -0.39 is 0 Å². The Morgan fingerprint density at radius 2 is 1.92 bits per heavy atom. The van der Waals surface area contributed by atoms with Crippen LogP contribution in [0, 0.1) is 0 Å². The molecule has 0 aliphatic carbocycles. The Bertz CT molecular complexity index is 255. The van der Waals surface area contributed by atoms with Crippen molar-refractivity contribution in [2.45, 2.75) is 0 Å². The highest BCUT2D eigenvalue weighted by Gasteiger charge is 1.99. The van der Waals surface area contributed by atoms with E-state index in [9.17, 15) is 0 Å². The lowest BCUT2D eigenvalue weighted by atomic mass is 10.6. The van der Waals surface area contributed by atoms with Gasteiger partial charge < -0.3 is 10.6 Å².